The Balaban J connectivity index is 1.31. The van der Waals surface area contributed by atoms with Crippen molar-refractivity contribution < 1.29 is 9.53 Å². The fourth-order valence-electron chi connectivity index (χ4n) is 5.06. The van der Waals surface area contributed by atoms with E-state index in [9.17, 15) is 10.1 Å². The molecular formula is C30H31N5O2S. The molecule has 0 unspecified atom stereocenters. The average Bonchev–Trinajstić information content (AvgIpc) is 3.54. The Morgan fingerprint density at radius 1 is 1.18 bits per heavy atom. The number of aryl methyl sites for hydroxylation is 2. The van der Waals surface area contributed by atoms with Gasteiger partial charge in [0.2, 0.25) is 5.13 Å². The van der Waals surface area contributed by atoms with Crippen molar-refractivity contribution in [1.29, 1.82) is 5.26 Å². The molecule has 2 aromatic heterocycles. The lowest BCUT2D eigenvalue weighted by molar-refractivity contribution is -0.112. The summed E-state index contributed by atoms with van der Waals surface area (Å²) in [5.41, 5.74) is 4.16. The lowest BCUT2D eigenvalue weighted by Gasteiger charge is -2.18. The first-order chi connectivity index (χ1) is 18.5. The second-order valence-electron chi connectivity index (χ2n) is 9.82. The first-order valence-electron chi connectivity index (χ1n) is 13.1. The van der Waals surface area contributed by atoms with E-state index in [0.717, 1.165) is 45.6 Å². The number of carbonyl (C=O) groups is 1. The van der Waals surface area contributed by atoms with E-state index < -0.39 is 5.91 Å². The molecule has 0 bridgehead atoms. The second-order valence-corrected chi connectivity index (χ2v) is 10.8. The molecule has 194 valence electrons. The van der Waals surface area contributed by atoms with Crippen molar-refractivity contribution in [3.05, 3.63) is 75.9 Å². The van der Waals surface area contributed by atoms with Crippen LogP contribution in [0, 0.1) is 25.2 Å². The van der Waals surface area contributed by atoms with E-state index in [-0.39, 0.29) is 5.57 Å². The van der Waals surface area contributed by atoms with Gasteiger partial charge in [-0.05, 0) is 50.5 Å². The fourth-order valence-corrected chi connectivity index (χ4v) is 5.97. The minimum Gasteiger partial charge on any atom is -0.491 e. The number of nitrogens with zero attached hydrogens (tertiary/aromatic N) is 4. The lowest BCUT2D eigenvalue weighted by atomic mass is 9.90. The summed E-state index contributed by atoms with van der Waals surface area (Å²) in [5.74, 6) is 0.815. The van der Waals surface area contributed by atoms with Gasteiger partial charge in [-0.1, -0.05) is 66.5 Å². The second kappa shape index (κ2) is 11.6. The monoisotopic (exact) mass is 525 g/mol. The predicted octanol–water partition coefficient (Wildman–Crippen LogP) is 6.78. The highest BCUT2D eigenvalue weighted by molar-refractivity contribution is 7.15. The molecule has 0 saturated heterocycles. The summed E-state index contributed by atoms with van der Waals surface area (Å²) in [6, 6.07) is 16.2. The van der Waals surface area contributed by atoms with Crippen molar-refractivity contribution in [2.45, 2.75) is 58.4 Å². The minimum absolute atomic E-state index is 0.0221. The van der Waals surface area contributed by atoms with E-state index in [1.54, 1.807) is 6.08 Å². The molecule has 38 heavy (non-hydrogen) atoms. The maximum Gasteiger partial charge on any atom is 0.268 e. The first-order valence-corrected chi connectivity index (χ1v) is 13.9. The summed E-state index contributed by atoms with van der Waals surface area (Å²) in [6.45, 7) is 5.24. The molecule has 5 rings (SSSR count). The Labute approximate surface area is 226 Å². The topological polar surface area (TPSA) is 92.8 Å². The van der Waals surface area contributed by atoms with Gasteiger partial charge in [-0.2, -0.15) is 5.26 Å². The van der Waals surface area contributed by atoms with Crippen LogP contribution in [0.2, 0.25) is 0 Å². The predicted molar refractivity (Wildman–Crippen MR) is 151 cm³/mol. The van der Waals surface area contributed by atoms with Crippen molar-refractivity contribution in [3.8, 4) is 11.8 Å². The van der Waals surface area contributed by atoms with Crippen molar-refractivity contribution in [2.24, 2.45) is 0 Å². The van der Waals surface area contributed by atoms with Gasteiger partial charge in [0, 0.05) is 28.6 Å². The number of anilines is 1. The van der Waals surface area contributed by atoms with E-state index in [2.05, 4.69) is 39.1 Å². The smallest absolute Gasteiger partial charge is 0.268 e. The van der Waals surface area contributed by atoms with Gasteiger partial charge in [0.05, 0.1) is 6.54 Å². The van der Waals surface area contributed by atoms with Gasteiger partial charge < -0.3 is 9.30 Å². The lowest BCUT2D eigenvalue weighted by Crippen LogP contribution is -2.13. The van der Waals surface area contributed by atoms with Crippen LogP contribution in [0.1, 0.15) is 59.7 Å². The SMILES string of the molecule is Cc1ccc(OCCn2cc(/C=C(/C#N)C(=O)Nc3nnc(C4CCCCC4)s3)c3ccccc32)c(C)c1. The zero-order valence-electron chi connectivity index (χ0n) is 21.7. The molecule has 2 aromatic carbocycles. The van der Waals surface area contributed by atoms with Gasteiger partial charge in [0.15, 0.2) is 0 Å². The first kappa shape index (κ1) is 25.7. The number of para-hydroxylation sites is 1. The molecule has 1 fully saturated rings. The zero-order chi connectivity index (χ0) is 26.5. The number of fused-ring (bicyclic) bond motifs is 1. The summed E-state index contributed by atoms with van der Waals surface area (Å²) in [5, 5.41) is 23.4. The van der Waals surface area contributed by atoms with Gasteiger partial charge in [-0.3, -0.25) is 10.1 Å². The Morgan fingerprint density at radius 2 is 2.00 bits per heavy atom. The van der Waals surface area contributed by atoms with Crippen molar-refractivity contribution in [3.63, 3.8) is 0 Å². The number of carbonyl (C=O) groups excluding carboxylic acids is 1. The molecule has 0 atom stereocenters. The van der Waals surface area contributed by atoms with E-state index in [4.69, 9.17) is 4.74 Å². The summed E-state index contributed by atoms with van der Waals surface area (Å²) in [4.78, 5) is 13.0. The summed E-state index contributed by atoms with van der Waals surface area (Å²) < 4.78 is 8.14. The maximum absolute atomic E-state index is 13.0. The van der Waals surface area contributed by atoms with Crippen LogP contribution in [0.5, 0.6) is 5.75 Å². The molecule has 1 amide bonds. The van der Waals surface area contributed by atoms with E-state index in [1.807, 2.05) is 49.5 Å². The van der Waals surface area contributed by atoms with Crippen LogP contribution < -0.4 is 10.1 Å². The van der Waals surface area contributed by atoms with Crippen LogP contribution in [-0.4, -0.2) is 27.3 Å². The standard InChI is InChI=1S/C30H31N5O2S/c1-20-12-13-27(21(2)16-20)37-15-14-35-19-24(25-10-6-7-11-26(25)35)17-23(18-31)28(36)32-30-34-33-29(38-30)22-8-4-3-5-9-22/h6-7,10-13,16-17,19,22H,3-5,8-9,14-15H2,1-2H3,(H,32,34,36)/b23-17-. The number of aromatic nitrogens is 3. The third-order valence-corrected chi connectivity index (χ3v) is 8.02. The van der Waals surface area contributed by atoms with Crippen LogP contribution in [0.15, 0.2) is 54.2 Å². The zero-order valence-corrected chi connectivity index (χ0v) is 22.6. The van der Waals surface area contributed by atoms with Crippen LogP contribution in [-0.2, 0) is 11.3 Å². The molecule has 1 N–H and O–H groups in total. The van der Waals surface area contributed by atoms with Crippen molar-refractivity contribution >= 4 is 39.4 Å². The molecule has 0 radical (unpaired) electrons. The highest BCUT2D eigenvalue weighted by Gasteiger charge is 2.21. The van der Waals surface area contributed by atoms with Gasteiger partial charge in [0.25, 0.3) is 5.91 Å². The van der Waals surface area contributed by atoms with Crippen molar-refractivity contribution in [2.75, 3.05) is 11.9 Å². The summed E-state index contributed by atoms with van der Waals surface area (Å²) in [6.07, 6.45) is 9.52. The Kier molecular flexibility index (Phi) is 7.85. The van der Waals surface area contributed by atoms with Crippen LogP contribution in [0.3, 0.4) is 0 Å². The Hall–Kier alpha value is -3.96. The van der Waals surface area contributed by atoms with E-state index >= 15 is 0 Å². The molecule has 1 aliphatic rings. The molecule has 1 saturated carbocycles. The molecule has 2 heterocycles. The maximum atomic E-state index is 13.0. The quantitative estimate of drug-likeness (QED) is 0.202. The fraction of sp³-hybridized carbons (Fsp3) is 0.333. The molecule has 7 nitrogen and oxygen atoms in total. The van der Waals surface area contributed by atoms with Gasteiger partial charge >= 0.3 is 0 Å². The third kappa shape index (κ3) is 5.79. The molecular weight excluding hydrogens is 494 g/mol. The molecule has 0 aliphatic heterocycles. The van der Waals surface area contributed by atoms with Gasteiger partial charge in [0.1, 0.15) is 29.0 Å². The average molecular weight is 526 g/mol. The highest BCUT2D eigenvalue weighted by Crippen LogP contribution is 2.35. The number of nitrogens with one attached hydrogen (secondary N) is 1. The van der Waals surface area contributed by atoms with Crippen LogP contribution in [0.4, 0.5) is 5.13 Å². The highest BCUT2D eigenvalue weighted by atomic mass is 32.1. The van der Waals surface area contributed by atoms with Crippen LogP contribution >= 0.6 is 11.3 Å². The van der Waals surface area contributed by atoms with Gasteiger partial charge in [-0.15, -0.1) is 10.2 Å². The summed E-state index contributed by atoms with van der Waals surface area (Å²) in [7, 11) is 0. The molecule has 8 heteroatoms. The van der Waals surface area contributed by atoms with Gasteiger partial charge in [-0.25, -0.2) is 0 Å². The normalized spacial score (nSPS) is 14.4. The molecule has 4 aromatic rings. The van der Waals surface area contributed by atoms with Crippen molar-refractivity contribution in [1.82, 2.24) is 14.8 Å². The number of amides is 1. The van der Waals surface area contributed by atoms with E-state index in [0.29, 0.717) is 24.2 Å². The Bertz CT molecular complexity index is 1520. The number of rotatable bonds is 8. The molecule has 0 spiro atoms. The number of hydrogen-bond acceptors (Lipinski definition) is 6. The minimum atomic E-state index is -0.478. The van der Waals surface area contributed by atoms with E-state index in [1.165, 1.54) is 36.2 Å². The molecule has 1 aliphatic carbocycles. The largest absolute Gasteiger partial charge is 0.491 e. The summed E-state index contributed by atoms with van der Waals surface area (Å²) >= 11 is 1.41. The third-order valence-electron chi connectivity index (χ3n) is 7.02. The number of nitriles is 1. The number of hydrogen-bond donors (Lipinski definition) is 1. The Morgan fingerprint density at radius 3 is 2.79 bits per heavy atom. The number of benzene rings is 2. The van der Waals surface area contributed by atoms with Crippen LogP contribution in [0.25, 0.3) is 17.0 Å². The number of ether oxygens (including phenoxy) is 1.